The van der Waals surface area contributed by atoms with Gasteiger partial charge in [0.05, 0.1) is 18.6 Å². The van der Waals surface area contributed by atoms with Crippen LogP contribution >= 0.6 is 0 Å². The Morgan fingerprint density at radius 3 is 2.50 bits per heavy atom. The van der Waals surface area contributed by atoms with E-state index >= 15 is 0 Å². The van der Waals surface area contributed by atoms with E-state index in [1.54, 1.807) is 25.9 Å². The van der Waals surface area contributed by atoms with Gasteiger partial charge in [0.25, 0.3) is 6.02 Å². The lowest BCUT2D eigenvalue weighted by atomic mass is 10.0. The summed E-state index contributed by atoms with van der Waals surface area (Å²) in [6, 6.07) is 0.0311. The lowest BCUT2D eigenvalue weighted by molar-refractivity contribution is -0.211. The molecule has 0 saturated heterocycles. The lowest BCUT2D eigenvalue weighted by Gasteiger charge is -2.28. The Morgan fingerprint density at radius 1 is 1.30 bits per heavy atom. The third kappa shape index (κ3) is 2.76. The molecule has 2 aliphatic rings. The molecule has 0 aromatic carbocycles. The third-order valence-electron chi connectivity index (χ3n) is 3.90. The van der Waals surface area contributed by atoms with Gasteiger partial charge in [0, 0.05) is 21.2 Å². The zero-order valence-electron chi connectivity index (χ0n) is 12.6. The number of aliphatic hydroxyl groups is 2. The summed E-state index contributed by atoms with van der Waals surface area (Å²) in [7, 11) is 5.20. The van der Waals surface area contributed by atoms with Crippen molar-refractivity contribution in [2.75, 3.05) is 27.8 Å². The summed E-state index contributed by atoms with van der Waals surface area (Å²) < 4.78 is 16.6. The zero-order chi connectivity index (χ0) is 15.1. The van der Waals surface area contributed by atoms with Gasteiger partial charge in [0.15, 0.2) is 5.79 Å². The maximum Gasteiger partial charge on any atom is 0.287 e. The van der Waals surface area contributed by atoms with Crippen LogP contribution in [0.5, 0.6) is 0 Å². The van der Waals surface area contributed by atoms with Crippen LogP contribution in [0.4, 0.5) is 0 Å². The van der Waals surface area contributed by atoms with E-state index in [-0.39, 0.29) is 18.6 Å². The number of aliphatic imine (C=N–C) groups is 1. The first-order valence-electron chi connectivity index (χ1n) is 6.74. The van der Waals surface area contributed by atoms with E-state index in [2.05, 4.69) is 4.99 Å². The van der Waals surface area contributed by atoms with Crippen molar-refractivity contribution in [2.45, 2.75) is 44.0 Å². The minimum absolute atomic E-state index is 0.233. The van der Waals surface area contributed by atoms with Gasteiger partial charge in [-0.3, -0.25) is 0 Å². The Morgan fingerprint density at radius 2 is 1.95 bits per heavy atom. The van der Waals surface area contributed by atoms with E-state index in [1.165, 1.54) is 0 Å². The Labute approximate surface area is 119 Å². The van der Waals surface area contributed by atoms with Crippen LogP contribution in [-0.2, 0) is 14.2 Å². The van der Waals surface area contributed by atoms with Crippen molar-refractivity contribution in [3.63, 3.8) is 0 Å². The highest BCUT2D eigenvalue weighted by Crippen LogP contribution is 2.36. The van der Waals surface area contributed by atoms with Crippen LogP contribution < -0.4 is 0 Å². The SMILES string of the molecule is COC(C)(C)OC[C@@H]1[C@@H](O)[C@H](O)[C@H]2N=C(N(C)C)O[C@@H]12. The van der Waals surface area contributed by atoms with Crippen LogP contribution in [0.25, 0.3) is 0 Å². The summed E-state index contributed by atoms with van der Waals surface area (Å²) in [4.78, 5) is 6.06. The molecular weight excluding hydrogens is 264 g/mol. The molecule has 1 fully saturated rings. The van der Waals surface area contributed by atoms with Crippen LogP contribution in [0.1, 0.15) is 13.8 Å². The van der Waals surface area contributed by atoms with E-state index in [1.807, 2.05) is 14.1 Å². The van der Waals surface area contributed by atoms with Gasteiger partial charge in [-0.1, -0.05) is 0 Å². The Bertz CT molecular complexity index is 385. The molecule has 0 amide bonds. The molecule has 0 unspecified atom stereocenters. The average Bonchev–Trinajstić information content (AvgIpc) is 2.90. The standard InChI is InChI=1S/C13H24N2O5/c1-13(2,18-5)19-6-7-9(16)10(17)8-11(7)20-12(14-8)15(3)4/h7-11,16-17H,6H2,1-5H3/t7-,8-,9-,10-,11+/m1/s1. The zero-order valence-corrected chi connectivity index (χ0v) is 12.6. The number of fused-ring (bicyclic) bond motifs is 1. The smallest absolute Gasteiger partial charge is 0.287 e. The Hall–Kier alpha value is -0.890. The summed E-state index contributed by atoms with van der Waals surface area (Å²) in [5, 5.41) is 20.2. The van der Waals surface area contributed by atoms with E-state index in [0.717, 1.165) is 0 Å². The summed E-state index contributed by atoms with van der Waals surface area (Å²) in [5.74, 6) is -1.09. The van der Waals surface area contributed by atoms with Crippen molar-refractivity contribution < 1.29 is 24.4 Å². The van der Waals surface area contributed by atoms with Crippen LogP contribution in [0.2, 0.25) is 0 Å². The molecule has 1 saturated carbocycles. The molecule has 20 heavy (non-hydrogen) atoms. The molecule has 7 heteroatoms. The second-order valence-electron chi connectivity index (χ2n) is 5.94. The van der Waals surface area contributed by atoms with Gasteiger partial charge in [-0.2, -0.15) is 0 Å². The van der Waals surface area contributed by atoms with Crippen LogP contribution in [0.3, 0.4) is 0 Å². The monoisotopic (exact) mass is 288 g/mol. The molecule has 5 atom stereocenters. The molecule has 0 bridgehead atoms. The Balaban J connectivity index is 2.05. The molecule has 2 N–H and O–H groups in total. The van der Waals surface area contributed by atoms with Gasteiger partial charge in [0.1, 0.15) is 18.2 Å². The van der Waals surface area contributed by atoms with Crippen molar-refractivity contribution in [1.82, 2.24) is 4.90 Å². The first-order valence-corrected chi connectivity index (χ1v) is 6.74. The molecular formula is C13H24N2O5. The molecule has 7 nitrogen and oxygen atoms in total. The molecule has 1 heterocycles. The van der Waals surface area contributed by atoms with Gasteiger partial charge in [-0.15, -0.1) is 0 Å². The lowest BCUT2D eigenvalue weighted by Crippen LogP contribution is -2.38. The summed E-state index contributed by atoms with van der Waals surface area (Å²) in [5.41, 5.74) is 0. The molecule has 0 spiro atoms. The minimum Gasteiger partial charge on any atom is -0.459 e. The highest BCUT2D eigenvalue weighted by atomic mass is 16.7. The Kier molecular flexibility index (Phi) is 4.24. The first-order chi connectivity index (χ1) is 9.26. The number of methoxy groups -OCH3 is 1. The number of ether oxygens (including phenoxy) is 3. The average molecular weight is 288 g/mol. The van der Waals surface area contributed by atoms with E-state index < -0.39 is 24.0 Å². The van der Waals surface area contributed by atoms with Crippen molar-refractivity contribution in [1.29, 1.82) is 0 Å². The highest BCUT2D eigenvalue weighted by Gasteiger charge is 2.55. The van der Waals surface area contributed by atoms with Crippen molar-refractivity contribution in [3.8, 4) is 0 Å². The molecule has 116 valence electrons. The summed E-state index contributed by atoms with van der Waals surface area (Å²) in [6.45, 7) is 3.81. The van der Waals surface area contributed by atoms with Gasteiger partial charge in [-0.05, 0) is 13.8 Å². The predicted octanol–water partition coefficient (Wildman–Crippen LogP) is -0.578. The molecule has 0 aromatic rings. The largest absolute Gasteiger partial charge is 0.459 e. The third-order valence-corrected chi connectivity index (χ3v) is 3.90. The van der Waals surface area contributed by atoms with Crippen molar-refractivity contribution in [3.05, 3.63) is 0 Å². The van der Waals surface area contributed by atoms with Gasteiger partial charge >= 0.3 is 0 Å². The molecule has 1 aliphatic carbocycles. The molecule has 0 radical (unpaired) electrons. The highest BCUT2D eigenvalue weighted by molar-refractivity contribution is 5.75. The normalized spacial score (nSPS) is 36.5. The van der Waals surface area contributed by atoms with Crippen LogP contribution in [-0.4, -0.2) is 79.1 Å². The van der Waals surface area contributed by atoms with Gasteiger partial charge in [0.2, 0.25) is 0 Å². The molecule has 2 rings (SSSR count). The maximum atomic E-state index is 10.1. The first kappa shape index (κ1) is 15.5. The number of amidine groups is 1. The van der Waals surface area contributed by atoms with Gasteiger partial charge in [-0.25, -0.2) is 4.99 Å². The summed E-state index contributed by atoms with van der Waals surface area (Å²) >= 11 is 0. The van der Waals surface area contributed by atoms with Crippen LogP contribution in [0, 0.1) is 5.92 Å². The maximum absolute atomic E-state index is 10.1. The number of nitrogens with zero attached hydrogens (tertiary/aromatic N) is 2. The second kappa shape index (κ2) is 5.48. The summed E-state index contributed by atoms with van der Waals surface area (Å²) in [6.07, 6.45) is -2.22. The number of hydrogen-bond acceptors (Lipinski definition) is 7. The number of aliphatic hydroxyl groups excluding tert-OH is 2. The van der Waals surface area contributed by atoms with Crippen molar-refractivity contribution in [2.24, 2.45) is 10.9 Å². The quantitative estimate of drug-likeness (QED) is 0.674. The number of rotatable bonds is 4. The van der Waals surface area contributed by atoms with Crippen LogP contribution in [0.15, 0.2) is 4.99 Å². The van der Waals surface area contributed by atoms with E-state index in [9.17, 15) is 10.2 Å². The minimum atomic E-state index is -0.934. The van der Waals surface area contributed by atoms with Gasteiger partial charge < -0.3 is 29.3 Å². The predicted molar refractivity (Wildman–Crippen MR) is 72.3 cm³/mol. The molecule has 1 aliphatic heterocycles. The second-order valence-corrected chi connectivity index (χ2v) is 5.94. The van der Waals surface area contributed by atoms with Crippen molar-refractivity contribution >= 4 is 6.02 Å². The number of hydrogen-bond donors (Lipinski definition) is 2. The topological polar surface area (TPSA) is 83.8 Å². The molecule has 0 aromatic heterocycles. The fourth-order valence-corrected chi connectivity index (χ4v) is 2.45. The van der Waals surface area contributed by atoms with E-state index in [0.29, 0.717) is 6.02 Å². The van der Waals surface area contributed by atoms with E-state index in [4.69, 9.17) is 14.2 Å². The fourth-order valence-electron chi connectivity index (χ4n) is 2.45. The fraction of sp³-hybridized carbons (Fsp3) is 0.923.